The molecule has 0 atom stereocenters. The summed E-state index contributed by atoms with van der Waals surface area (Å²) in [5.41, 5.74) is 4.47. The number of allylic oxidation sites excluding steroid dienone is 4. The zero-order valence-corrected chi connectivity index (χ0v) is 15.5. The minimum absolute atomic E-state index is 0.858. The molecular formula is C24H26O. The molecule has 0 spiro atoms. The van der Waals surface area contributed by atoms with Gasteiger partial charge in [0.2, 0.25) is 0 Å². The molecule has 0 radical (unpaired) electrons. The highest BCUT2D eigenvalue weighted by molar-refractivity contribution is 5.73. The van der Waals surface area contributed by atoms with Crippen molar-refractivity contribution in [1.29, 1.82) is 0 Å². The third kappa shape index (κ3) is 4.60. The van der Waals surface area contributed by atoms with E-state index in [-0.39, 0.29) is 0 Å². The number of ether oxygens (including phenoxy) is 1. The molecule has 2 aromatic rings. The van der Waals surface area contributed by atoms with Gasteiger partial charge in [0.1, 0.15) is 11.5 Å². The van der Waals surface area contributed by atoms with Crippen molar-refractivity contribution in [2.75, 3.05) is 0 Å². The highest BCUT2D eigenvalue weighted by Gasteiger charge is 2.10. The van der Waals surface area contributed by atoms with Crippen LogP contribution in [-0.4, -0.2) is 0 Å². The van der Waals surface area contributed by atoms with Crippen LogP contribution in [0.5, 0.6) is 11.5 Å². The fraction of sp³-hybridized carbons (Fsp3) is 0.167. The van der Waals surface area contributed by atoms with Gasteiger partial charge in [-0.15, -0.1) is 0 Å². The van der Waals surface area contributed by atoms with Crippen molar-refractivity contribution in [1.82, 2.24) is 0 Å². The molecule has 0 amide bonds. The van der Waals surface area contributed by atoms with Crippen LogP contribution in [0.2, 0.25) is 0 Å². The summed E-state index contributed by atoms with van der Waals surface area (Å²) >= 11 is 0. The summed E-state index contributed by atoms with van der Waals surface area (Å²) in [5.74, 6) is 1.72. The van der Waals surface area contributed by atoms with Crippen molar-refractivity contribution in [2.24, 2.45) is 0 Å². The van der Waals surface area contributed by atoms with Crippen LogP contribution < -0.4 is 4.74 Å². The Hall–Kier alpha value is -2.80. The quantitative estimate of drug-likeness (QED) is 0.529. The maximum absolute atomic E-state index is 6.35. The van der Waals surface area contributed by atoms with Crippen LogP contribution in [0, 0.1) is 0 Å². The van der Waals surface area contributed by atoms with Crippen molar-refractivity contribution in [3.05, 3.63) is 83.0 Å². The molecule has 1 heteroatoms. The predicted octanol–water partition coefficient (Wildman–Crippen LogP) is 7.61. The number of rotatable bonds is 6. The Labute approximate surface area is 151 Å². The zero-order chi connectivity index (χ0) is 18.1. The minimum Gasteiger partial charge on any atom is -0.456 e. The van der Waals surface area contributed by atoms with Gasteiger partial charge in [-0.05, 0) is 51.0 Å². The van der Waals surface area contributed by atoms with Gasteiger partial charge >= 0.3 is 0 Å². The summed E-state index contributed by atoms with van der Waals surface area (Å²) in [4.78, 5) is 0. The Kier molecular flexibility index (Phi) is 7.03. The molecule has 0 saturated carbocycles. The Bertz CT molecular complexity index is 750. The van der Waals surface area contributed by atoms with Crippen LogP contribution in [0.1, 0.15) is 49.9 Å². The third-order valence-electron chi connectivity index (χ3n) is 3.78. The lowest BCUT2D eigenvalue weighted by Crippen LogP contribution is -1.94. The number of benzene rings is 2. The molecule has 0 saturated heterocycles. The normalized spacial score (nSPS) is 12.2. The van der Waals surface area contributed by atoms with Crippen LogP contribution in [-0.2, 0) is 0 Å². The molecule has 25 heavy (non-hydrogen) atoms. The first-order chi connectivity index (χ1) is 12.2. The third-order valence-corrected chi connectivity index (χ3v) is 3.78. The molecule has 128 valence electrons. The van der Waals surface area contributed by atoms with Gasteiger partial charge in [-0.25, -0.2) is 0 Å². The van der Waals surface area contributed by atoms with Gasteiger partial charge in [0, 0.05) is 11.1 Å². The van der Waals surface area contributed by atoms with Crippen molar-refractivity contribution >= 4 is 24.3 Å². The van der Waals surface area contributed by atoms with Gasteiger partial charge < -0.3 is 4.74 Å². The van der Waals surface area contributed by atoms with Gasteiger partial charge in [0.05, 0.1) is 0 Å². The van der Waals surface area contributed by atoms with E-state index in [1.807, 2.05) is 76.3 Å². The van der Waals surface area contributed by atoms with E-state index in [0.29, 0.717) is 0 Å². The molecule has 0 N–H and O–H groups in total. The Morgan fingerprint density at radius 2 is 0.960 bits per heavy atom. The first-order valence-corrected chi connectivity index (χ1v) is 8.69. The van der Waals surface area contributed by atoms with Crippen LogP contribution in [0.15, 0.2) is 60.7 Å². The number of hydrogen-bond donors (Lipinski definition) is 0. The summed E-state index contributed by atoms with van der Waals surface area (Å²) in [6.45, 7) is 8.09. The van der Waals surface area contributed by atoms with Gasteiger partial charge in [0.25, 0.3) is 0 Å². The van der Waals surface area contributed by atoms with E-state index in [1.165, 1.54) is 0 Å². The SMILES string of the molecule is C/C=C\c1cccc(Oc2cccc(/C=C\C)c2/C=C\C)c1/C=C\C. The van der Waals surface area contributed by atoms with Crippen molar-refractivity contribution in [3.8, 4) is 11.5 Å². The number of hydrogen-bond acceptors (Lipinski definition) is 1. The van der Waals surface area contributed by atoms with Crippen LogP contribution in [0.25, 0.3) is 24.3 Å². The first-order valence-electron chi connectivity index (χ1n) is 8.69. The molecular weight excluding hydrogens is 304 g/mol. The molecule has 2 rings (SSSR count). The zero-order valence-electron chi connectivity index (χ0n) is 15.5. The molecule has 0 aliphatic carbocycles. The second kappa shape index (κ2) is 9.48. The second-order valence-electron chi connectivity index (χ2n) is 5.62. The lowest BCUT2D eigenvalue weighted by molar-refractivity contribution is 0.480. The van der Waals surface area contributed by atoms with E-state index in [2.05, 4.69) is 36.4 Å². The summed E-state index contributed by atoms with van der Waals surface area (Å²) < 4.78 is 6.35. The molecule has 1 nitrogen and oxygen atoms in total. The van der Waals surface area contributed by atoms with Crippen LogP contribution in [0.4, 0.5) is 0 Å². The minimum atomic E-state index is 0.858. The first kappa shape index (κ1) is 18.5. The smallest absolute Gasteiger partial charge is 0.135 e. The Morgan fingerprint density at radius 3 is 1.32 bits per heavy atom. The maximum Gasteiger partial charge on any atom is 0.135 e. The van der Waals surface area contributed by atoms with E-state index in [4.69, 9.17) is 4.74 Å². The van der Waals surface area contributed by atoms with E-state index in [1.54, 1.807) is 0 Å². The predicted molar refractivity (Wildman–Crippen MR) is 112 cm³/mol. The largest absolute Gasteiger partial charge is 0.456 e. The van der Waals surface area contributed by atoms with Gasteiger partial charge in [-0.3, -0.25) is 0 Å². The lowest BCUT2D eigenvalue weighted by Gasteiger charge is -2.15. The van der Waals surface area contributed by atoms with Crippen LogP contribution in [0.3, 0.4) is 0 Å². The summed E-state index contributed by atoms with van der Waals surface area (Å²) in [5, 5.41) is 0. The van der Waals surface area contributed by atoms with Crippen LogP contribution >= 0.6 is 0 Å². The second-order valence-corrected chi connectivity index (χ2v) is 5.62. The summed E-state index contributed by atoms with van der Waals surface area (Å²) in [6.07, 6.45) is 16.6. The lowest BCUT2D eigenvalue weighted by atomic mass is 10.0. The van der Waals surface area contributed by atoms with Gasteiger partial charge in [-0.1, -0.05) is 72.9 Å². The highest BCUT2D eigenvalue weighted by Crippen LogP contribution is 2.34. The van der Waals surface area contributed by atoms with E-state index in [9.17, 15) is 0 Å². The Balaban J connectivity index is 2.57. The average Bonchev–Trinajstić information content (AvgIpc) is 2.61. The molecule has 0 bridgehead atoms. The average molecular weight is 330 g/mol. The van der Waals surface area contributed by atoms with E-state index >= 15 is 0 Å². The fourth-order valence-electron chi connectivity index (χ4n) is 2.76. The monoisotopic (exact) mass is 330 g/mol. The highest BCUT2D eigenvalue weighted by atomic mass is 16.5. The van der Waals surface area contributed by atoms with Crippen molar-refractivity contribution in [3.63, 3.8) is 0 Å². The molecule has 0 aliphatic rings. The van der Waals surface area contributed by atoms with E-state index in [0.717, 1.165) is 33.8 Å². The van der Waals surface area contributed by atoms with E-state index < -0.39 is 0 Å². The fourth-order valence-corrected chi connectivity index (χ4v) is 2.76. The topological polar surface area (TPSA) is 9.23 Å². The van der Waals surface area contributed by atoms with Crippen molar-refractivity contribution in [2.45, 2.75) is 27.7 Å². The summed E-state index contributed by atoms with van der Waals surface area (Å²) in [7, 11) is 0. The molecule has 0 heterocycles. The molecule has 2 aromatic carbocycles. The summed E-state index contributed by atoms with van der Waals surface area (Å²) in [6, 6.07) is 12.3. The van der Waals surface area contributed by atoms with Gasteiger partial charge in [0.15, 0.2) is 0 Å². The molecule has 0 aliphatic heterocycles. The standard InChI is InChI=1S/C24H26O/c1-5-11-19-15-9-17-23(21(19)13-7-3)25-24-18-10-16-20(12-6-2)22(24)14-8-4/h5-18H,1-4H3/b11-5-,12-6-,13-7-,14-8-. The van der Waals surface area contributed by atoms with Gasteiger partial charge in [-0.2, -0.15) is 0 Å². The molecule has 0 aromatic heterocycles. The maximum atomic E-state index is 6.35. The van der Waals surface area contributed by atoms with Crippen molar-refractivity contribution < 1.29 is 4.74 Å². The molecule has 0 fully saturated rings. The Morgan fingerprint density at radius 1 is 0.560 bits per heavy atom. The molecule has 0 unspecified atom stereocenters.